The third-order valence-corrected chi connectivity index (χ3v) is 10.00. The summed E-state index contributed by atoms with van der Waals surface area (Å²) in [6.45, 7) is 3.53. The minimum absolute atomic E-state index is 0.0302. The van der Waals surface area contributed by atoms with Crippen LogP contribution in [0.5, 0.6) is 0 Å². The van der Waals surface area contributed by atoms with Crippen LogP contribution in [0.1, 0.15) is 25.0 Å². The second kappa shape index (κ2) is 16.0. The van der Waals surface area contributed by atoms with Crippen LogP contribution in [-0.2, 0) is 32.6 Å². The monoisotopic (exact) mass is 719 g/mol. The molecular formula is C34H33Cl4N3O4S. The number of carbonyl (C=O) groups excluding carboxylic acids is 2. The number of amides is 2. The Kier molecular flexibility index (Phi) is 12.4. The quantitative estimate of drug-likeness (QED) is 0.152. The molecule has 0 spiro atoms. The van der Waals surface area contributed by atoms with Crippen LogP contribution < -0.4 is 9.62 Å². The third-order valence-electron chi connectivity index (χ3n) is 7.10. The molecule has 0 saturated heterocycles. The molecule has 46 heavy (non-hydrogen) atoms. The van der Waals surface area contributed by atoms with Gasteiger partial charge in [-0.25, -0.2) is 8.42 Å². The molecule has 4 rings (SSSR count). The van der Waals surface area contributed by atoms with Crippen molar-refractivity contribution in [2.45, 2.75) is 37.8 Å². The van der Waals surface area contributed by atoms with Gasteiger partial charge in [0.05, 0.1) is 15.6 Å². The molecule has 0 aliphatic heterocycles. The number of rotatable bonds is 13. The maximum absolute atomic E-state index is 14.5. The highest BCUT2D eigenvalue weighted by Gasteiger charge is 2.35. The summed E-state index contributed by atoms with van der Waals surface area (Å²) in [6, 6.07) is 25.1. The number of nitrogens with one attached hydrogen (secondary N) is 1. The molecule has 0 aliphatic rings. The van der Waals surface area contributed by atoms with E-state index in [1.54, 1.807) is 36.4 Å². The number of benzene rings is 4. The lowest BCUT2D eigenvalue weighted by Gasteiger charge is -2.34. The molecular weight excluding hydrogens is 688 g/mol. The summed E-state index contributed by atoms with van der Waals surface area (Å²) < 4.78 is 29.1. The number of nitrogens with zero attached hydrogens (tertiary/aromatic N) is 2. The average molecular weight is 722 g/mol. The van der Waals surface area contributed by atoms with Gasteiger partial charge in [0.15, 0.2) is 0 Å². The molecule has 0 bridgehead atoms. The molecule has 0 aromatic heterocycles. The number of sulfonamides is 1. The molecule has 12 heteroatoms. The Morgan fingerprint density at radius 3 is 1.96 bits per heavy atom. The van der Waals surface area contributed by atoms with E-state index >= 15 is 0 Å². The Morgan fingerprint density at radius 1 is 0.783 bits per heavy atom. The zero-order chi connectivity index (χ0) is 33.4. The van der Waals surface area contributed by atoms with Crippen molar-refractivity contribution in [3.05, 3.63) is 128 Å². The maximum atomic E-state index is 14.5. The highest BCUT2D eigenvalue weighted by molar-refractivity contribution is 7.92. The van der Waals surface area contributed by atoms with Crippen molar-refractivity contribution < 1.29 is 18.0 Å². The fraction of sp³-hybridized carbons (Fsp3) is 0.235. The SMILES string of the molecule is CC(C)CNC(=O)[C@H](Cc1ccccc1)N(Cc1ccc(Cl)cc1Cl)C(=O)CN(c1ccc(Cl)cc1Cl)S(=O)(=O)c1ccccc1. The molecule has 0 heterocycles. The van der Waals surface area contributed by atoms with Crippen molar-refractivity contribution in [3.8, 4) is 0 Å². The van der Waals surface area contributed by atoms with Crippen LogP contribution in [0.15, 0.2) is 102 Å². The Labute approximate surface area is 290 Å². The smallest absolute Gasteiger partial charge is 0.264 e. The predicted molar refractivity (Wildman–Crippen MR) is 186 cm³/mol. The normalized spacial score (nSPS) is 12.1. The van der Waals surface area contributed by atoms with Crippen molar-refractivity contribution in [2.75, 3.05) is 17.4 Å². The number of carbonyl (C=O) groups is 2. The van der Waals surface area contributed by atoms with Gasteiger partial charge in [-0.15, -0.1) is 0 Å². The topological polar surface area (TPSA) is 86.8 Å². The molecule has 0 radical (unpaired) electrons. The van der Waals surface area contributed by atoms with Crippen molar-refractivity contribution >= 4 is 73.9 Å². The molecule has 0 saturated carbocycles. The molecule has 2 amide bonds. The van der Waals surface area contributed by atoms with E-state index in [1.807, 2.05) is 44.2 Å². The highest BCUT2D eigenvalue weighted by atomic mass is 35.5. The van der Waals surface area contributed by atoms with Crippen LogP contribution in [0.4, 0.5) is 5.69 Å². The third kappa shape index (κ3) is 9.17. The average Bonchev–Trinajstić information content (AvgIpc) is 3.02. The summed E-state index contributed by atoms with van der Waals surface area (Å²) in [6.07, 6.45) is 0.162. The Hall–Kier alpha value is -3.27. The fourth-order valence-electron chi connectivity index (χ4n) is 4.73. The molecule has 0 fully saturated rings. The van der Waals surface area contributed by atoms with Gasteiger partial charge in [-0.1, -0.05) is 115 Å². The van der Waals surface area contributed by atoms with Crippen molar-refractivity contribution in [1.29, 1.82) is 0 Å². The van der Waals surface area contributed by atoms with Gasteiger partial charge in [0.1, 0.15) is 12.6 Å². The van der Waals surface area contributed by atoms with Gasteiger partial charge < -0.3 is 10.2 Å². The van der Waals surface area contributed by atoms with Gasteiger partial charge in [0.2, 0.25) is 11.8 Å². The molecule has 0 aliphatic carbocycles. The molecule has 4 aromatic rings. The van der Waals surface area contributed by atoms with Crippen molar-refractivity contribution in [1.82, 2.24) is 10.2 Å². The largest absolute Gasteiger partial charge is 0.354 e. The fourth-order valence-corrected chi connectivity index (χ4v) is 7.21. The van der Waals surface area contributed by atoms with Crippen LogP contribution in [0.25, 0.3) is 0 Å². The Bertz CT molecular complexity index is 1770. The molecule has 0 unspecified atom stereocenters. The first-order valence-corrected chi connectivity index (χ1v) is 17.4. The standard InChI is InChI=1S/C34H33Cl4N3O4S/c1-23(2)20-39-34(43)32(17-24-9-5-3-6-10-24)40(21-25-13-14-26(35)18-29(25)37)33(42)22-41(31-16-15-27(36)19-30(31)38)46(44,45)28-11-7-4-8-12-28/h3-16,18-19,23,32H,17,20-22H2,1-2H3,(H,39,43)/t32-/m0/s1. The minimum Gasteiger partial charge on any atom is -0.354 e. The molecule has 1 atom stereocenters. The summed E-state index contributed by atoms with van der Waals surface area (Å²) in [5.74, 6) is -0.898. The van der Waals surface area contributed by atoms with Crippen molar-refractivity contribution in [3.63, 3.8) is 0 Å². The summed E-state index contributed by atoms with van der Waals surface area (Å²) in [5, 5.41) is 3.97. The van der Waals surface area contributed by atoms with Crippen LogP contribution in [-0.4, -0.2) is 44.3 Å². The summed E-state index contributed by atoms with van der Waals surface area (Å²) in [5.41, 5.74) is 1.38. The minimum atomic E-state index is -4.32. The highest BCUT2D eigenvalue weighted by Crippen LogP contribution is 2.33. The maximum Gasteiger partial charge on any atom is 0.264 e. The molecule has 7 nitrogen and oxygen atoms in total. The van der Waals surface area contributed by atoms with E-state index in [-0.39, 0.29) is 34.5 Å². The lowest BCUT2D eigenvalue weighted by Crippen LogP contribution is -2.53. The lowest BCUT2D eigenvalue weighted by atomic mass is 10.0. The zero-order valence-corrected chi connectivity index (χ0v) is 29.0. The predicted octanol–water partition coefficient (Wildman–Crippen LogP) is 7.91. The first kappa shape index (κ1) is 35.6. The number of hydrogen-bond acceptors (Lipinski definition) is 4. The van der Waals surface area contributed by atoms with Gasteiger partial charge >= 0.3 is 0 Å². The van der Waals surface area contributed by atoms with E-state index in [0.717, 1.165) is 9.87 Å². The second-order valence-corrected chi connectivity index (χ2v) is 14.6. The van der Waals surface area contributed by atoms with E-state index in [0.29, 0.717) is 27.2 Å². The first-order chi connectivity index (χ1) is 21.9. The summed E-state index contributed by atoms with van der Waals surface area (Å²) in [4.78, 5) is 29.7. The number of halogens is 4. The summed E-state index contributed by atoms with van der Waals surface area (Å²) in [7, 11) is -4.32. The molecule has 4 aromatic carbocycles. The zero-order valence-electron chi connectivity index (χ0n) is 25.2. The second-order valence-electron chi connectivity index (χ2n) is 11.0. The van der Waals surface area contributed by atoms with Gasteiger partial charge in [-0.05, 0) is 59.5 Å². The lowest BCUT2D eigenvalue weighted by molar-refractivity contribution is -0.140. The van der Waals surface area contributed by atoms with Crippen LogP contribution in [0.3, 0.4) is 0 Å². The van der Waals surface area contributed by atoms with Gasteiger partial charge in [-0.3, -0.25) is 13.9 Å². The summed E-state index contributed by atoms with van der Waals surface area (Å²) >= 11 is 25.4. The van der Waals surface area contributed by atoms with Gasteiger partial charge in [-0.2, -0.15) is 0 Å². The Morgan fingerprint density at radius 2 is 1.37 bits per heavy atom. The van der Waals surface area contributed by atoms with Gasteiger partial charge in [0, 0.05) is 34.6 Å². The van der Waals surface area contributed by atoms with Crippen LogP contribution >= 0.6 is 46.4 Å². The Balaban J connectivity index is 1.84. The molecule has 242 valence electrons. The van der Waals surface area contributed by atoms with E-state index in [1.165, 1.54) is 35.2 Å². The van der Waals surface area contributed by atoms with E-state index in [4.69, 9.17) is 46.4 Å². The van der Waals surface area contributed by atoms with E-state index in [2.05, 4.69) is 5.32 Å². The van der Waals surface area contributed by atoms with E-state index in [9.17, 15) is 18.0 Å². The van der Waals surface area contributed by atoms with Crippen LogP contribution in [0, 0.1) is 5.92 Å². The first-order valence-electron chi connectivity index (χ1n) is 14.4. The number of hydrogen-bond donors (Lipinski definition) is 1. The number of anilines is 1. The van der Waals surface area contributed by atoms with E-state index < -0.39 is 34.4 Å². The van der Waals surface area contributed by atoms with Crippen molar-refractivity contribution in [2.24, 2.45) is 5.92 Å². The molecule has 1 N–H and O–H groups in total. The van der Waals surface area contributed by atoms with Crippen LogP contribution in [0.2, 0.25) is 20.1 Å². The van der Waals surface area contributed by atoms with Gasteiger partial charge in [0.25, 0.3) is 10.0 Å².